The highest BCUT2D eigenvalue weighted by Crippen LogP contribution is 2.32. The Hall–Kier alpha value is -2.74. The van der Waals surface area contributed by atoms with Crippen LogP contribution >= 0.6 is 0 Å². The number of amides is 1. The second-order valence-corrected chi connectivity index (χ2v) is 9.04. The first-order valence-electron chi connectivity index (χ1n) is 9.48. The summed E-state index contributed by atoms with van der Waals surface area (Å²) in [6, 6.07) is 10.9. The van der Waals surface area contributed by atoms with Crippen LogP contribution in [0.2, 0.25) is 0 Å². The minimum atomic E-state index is -3.45. The summed E-state index contributed by atoms with van der Waals surface area (Å²) in [5.74, 6) is 1.08. The molecule has 1 N–H and O–H groups in total. The van der Waals surface area contributed by atoms with E-state index in [1.54, 1.807) is 18.2 Å². The Morgan fingerprint density at radius 1 is 1.07 bits per heavy atom. The number of ether oxygens (including phenoxy) is 2. The first-order chi connectivity index (χ1) is 13.7. The first kappa shape index (κ1) is 21.0. The number of sulfonamides is 1. The Bertz CT molecular complexity index is 1000. The molecule has 1 aliphatic rings. The molecule has 1 aliphatic heterocycles. The summed E-state index contributed by atoms with van der Waals surface area (Å²) < 4.78 is 36.9. The molecule has 8 heteroatoms. The molecule has 156 valence electrons. The Kier molecular flexibility index (Phi) is 6.32. The van der Waals surface area contributed by atoms with Gasteiger partial charge in [0, 0.05) is 24.7 Å². The van der Waals surface area contributed by atoms with Crippen molar-refractivity contribution in [1.82, 2.24) is 0 Å². The number of rotatable bonds is 7. The third-order valence-electron chi connectivity index (χ3n) is 4.62. The van der Waals surface area contributed by atoms with Gasteiger partial charge in [-0.25, -0.2) is 8.42 Å². The predicted octanol–water partition coefficient (Wildman–Crippen LogP) is 3.26. The summed E-state index contributed by atoms with van der Waals surface area (Å²) in [6.07, 6.45) is 1.78. The molecule has 2 aromatic rings. The van der Waals surface area contributed by atoms with Crippen LogP contribution in [0.25, 0.3) is 0 Å². The summed E-state index contributed by atoms with van der Waals surface area (Å²) >= 11 is 0. The van der Waals surface area contributed by atoms with Crippen molar-refractivity contribution in [1.29, 1.82) is 0 Å². The van der Waals surface area contributed by atoms with Crippen LogP contribution in [-0.4, -0.2) is 40.3 Å². The van der Waals surface area contributed by atoms with E-state index in [1.807, 2.05) is 32.0 Å². The van der Waals surface area contributed by atoms with Crippen LogP contribution in [0, 0.1) is 13.8 Å². The van der Waals surface area contributed by atoms with Gasteiger partial charge in [-0.05, 0) is 49.6 Å². The summed E-state index contributed by atoms with van der Waals surface area (Å²) in [6.45, 7) is 5.02. The fourth-order valence-corrected chi connectivity index (χ4v) is 4.20. The van der Waals surface area contributed by atoms with Crippen LogP contribution in [0.15, 0.2) is 36.4 Å². The van der Waals surface area contributed by atoms with Gasteiger partial charge in [0.1, 0.15) is 13.2 Å². The maximum absolute atomic E-state index is 12.3. The lowest BCUT2D eigenvalue weighted by atomic mass is 10.1. The predicted molar refractivity (Wildman–Crippen MR) is 113 cm³/mol. The van der Waals surface area contributed by atoms with Crippen LogP contribution in [0.5, 0.6) is 11.5 Å². The van der Waals surface area contributed by atoms with Gasteiger partial charge in [0.2, 0.25) is 15.9 Å². The first-order valence-corrected chi connectivity index (χ1v) is 11.3. The van der Waals surface area contributed by atoms with Gasteiger partial charge in [0.25, 0.3) is 0 Å². The third kappa shape index (κ3) is 5.41. The van der Waals surface area contributed by atoms with Crippen LogP contribution in [0.3, 0.4) is 0 Å². The topological polar surface area (TPSA) is 84.9 Å². The fraction of sp³-hybridized carbons (Fsp3) is 0.381. The highest BCUT2D eigenvalue weighted by molar-refractivity contribution is 7.92. The number of anilines is 2. The largest absolute Gasteiger partial charge is 0.486 e. The van der Waals surface area contributed by atoms with E-state index in [1.165, 1.54) is 10.6 Å². The zero-order chi connectivity index (χ0) is 21.0. The average molecular weight is 419 g/mol. The Labute approximate surface area is 171 Å². The van der Waals surface area contributed by atoms with E-state index in [0.29, 0.717) is 42.5 Å². The van der Waals surface area contributed by atoms with E-state index >= 15 is 0 Å². The molecule has 1 amide bonds. The summed E-state index contributed by atoms with van der Waals surface area (Å²) in [5.41, 5.74) is 3.13. The van der Waals surface area contributed by atoms with Crippen molar-refractivity contribution < 1.29 is 22.7 Å². The number of hydrogen-bond acceptors (Lipinski definition) is 5. The van der Waals surface area contributed by atoms with Gasteiger partial charge >= 0.3 is 0 Å². The number of nitrogens with zero attached hydrogens (tertiary/aromatic N) is 1. The third-order valence-corrected chi connectivity index (χ3v) is 5.80. The molecule has 0 unspecified atom stereocenters. The van der Waals surface area contributed by atoms with Gasteiger partial charge in [0.05, 0.1) is 11.9 Å². The molecule has 0 saturated heterocycles. The van der Waals surface area contributed by atoms with E-state index in [4.69, 9.17) is 9.47 Å². The highest BCUT2D eigenvalue weighted by Gasteiger charge is 2.20. The lowest BCUT2D eigenvalue weighted by Crippen LogP contribution is -2.32. The number of hydrogen-bond donors (Lipinski definition) is 1. The van der Waals surface area contributed by atoms with Gasteiger partial charge in [-0.15, -0.1) is 0 Å². The van der Waals surface area contributed by atoms with Crippen LogP contribution in [-0.2, 0) is 14.8 Å². The maximum Gasteiger partial charge on any atom is 0.232 e. The minimum Gasteiger partial charge on any atom is -0.486 e. The van der Waals surface area contributed by atoms with E-state index in [9.17, 15) is 13.2 Å². The number of carbonyl (C=O) groups is 1. The summed E-state index contributed by atoms with van der Waals surface area (Å²) in [5, 5.41) is 2.82. The van der Waals surface area contributed by atoms with Crippen molar-refractivity contribution in [2.45, 2.75) is 26.7 Å². The quantitative estimate of drug-likeness (QED) is 0.746. The summed E-state index contributed by atoms with van der Waals surface area (Å²) in [7, 11) is -3.45. The molecule has 0 spiro atoms. The maximum atomic E-state index is 12.3. The molecule has 0 saturated carbocycles. The number of benzene rings is 2. The molecule has 7 nitrogen and oxygen atoms in total. The highest BCUT2D eigenvalue weighted by atomic mass is 32.2. The molecule has 0 fully saturated rings. The SMILES string of the molecule is Cc1ccc(C)c(N(CCCC(=O)Nc2ccc3c(c2)OCCO3)S(C)(=O)=O)c1. The molecule has 1 heterocycles. The van der Waals surface area contributed by atoms with Crippen molar-refractivity contribution in [2.24, 2.45) is 0 Å². The molecule has 0 aliphatic carbocycles. The standard InChI is InChI=1S/C21H26N2O5S/c1-15-6-7-16(2)18(13-15)23(29(3,25)26)10-4-5-21(24)22-17-8-9-19-20(14-17)28-12-11-27-19/h6-9,13-14H,4-5,10-12H2,1-3H3,(H,22,24). The van der Waals surface area contributed by atoms with Crippen molar-refractivity contribution in [3.05, 3.63) is 47.5 Å². The van der Waals surface area contributed by atoms with Crippen LogP contribution in [0.1, 0.15) is 24.0 Å². The van der Waals surface area contributed by atoms with Crippen molar-refractivity contribution in [3.8, 4) is 11.5 Å². The molecule has 2 aromatic carbocycles. The number of nitrogens with one attached hydrogen (secondary N) is 1. The zero-order valence-electron chi connectivity index (χ0n) is 16.9. The monoisotopic (exact) mass is 418 g/mol. The minimum absolute atomic E-state index is 0.184. The van der Waals surface area contributed by atoms with Crippen LogP contribution < -0.4 is 19.1 Å². The van der Waals surface area contributed by atoms with Crippen LogP contribution in [0.4, 0.5) is 11.4 Å². The van der Waals surface area contributed by atoms with Crippen molar-refractivity contribution in [2.75, 3.05) is 35.6 Å². The normalized spacial score (nSPS) is 13.1. The average Bonchev–Trinajstić information content (AvgIpc) is 2.66. The molecule has 0 bridgehead atoms. The van der Waals surface area contributed by atoms with E-state index in [-0.39, 0.29) is 18.9 Å². The Morgan fingerprint density at radius 2 is 1.79 bits per heavy atom. The van der Waals surface area contributed by atoms with E-state index in [0.717, 1.165) is 11.1 Å². The molecular formula is C21H26N2O5S. The molecule has 29 heavy (non-hydrogen) atoms. The molecule has 0 atom stereocenters. The fourth-order valence-electron chi connectivity index (χ4n) is 3.18. The Morgan fingerprint density at radius 3 is 2.52 bits per heavy atom. The lowest BCUT2D eigenvalue weighted by molar-refractivity contribution is -0.116. The van der Waals surface area contributed by atoms with Crippen molar-refractivity contribution in [3.63, 3.8) is 0 Å². The molecule has 0 aromatic heterocycles. The summed E-state index contributed by atoms with van der Waals surface area (Å²) in [4.78, 5) is 12.3. The Balaban J connectivity index is 1.61. The van der Waals surface area contributed by atoms with Gasteiger partial charge in [-0.2, -0.15) is 0 Å². The van der Waals surface area contributed by atoms with Gasteiger partial charge < -0.3 is 14.8 Å². The number of fused-ring (bicyclic) bond motifs is 1. The van der Waals surface area contributed by atoms with Crippen molar-refractivity contribution >= 4 is 27.3 Å². The zero-order valence-corrected chi connectivity index (χ0v) is 17.7. The lowest BCUT2D eigenvalue weighted by Gasteiger charge is -2.24. The van der Waals surface area contributed by atoms with E-state index in [2.05, 4.69) is 5.32 Å². The molecular weight excluding hydrogens is 392 g/mol. The molecule has 0 radical (unpaired) electrons. The second kappa shape index (κ2) is 8.73. The smallest absolute Gasteiger partial charge is 0.232 e. The van der Waals surface area contributed by atoms with Gasteiger partial charge in [0.15, 0.2) is 11.5 Å². The number of carbonyl (C=O) groups excluding carboxylic acids is 1. The van der Waals surface area contributed by atoms with Gasteiger partial charge in [-0.3, -0.25) is 9.10 Å². The molecule has 3 rings (SSSR count). The van der Waals surface area contributed by atoms with Gasteiger partial charge in [-0.1, -0.05) is 12.1 Å². The van der Waals surface area contributed by atoms with E-state index < -0.39 is 10.0 Å². The second-order valence-electron chi connectivity index (χ2n) is 7.14. The number of aryl methyl sites for hydroxylation is 2.